The largest absolute Gasteiger partial charge is 0.307 e. The molecule has 0 amide bonds. The number of benzene rings is 2. The molecule has 0 saturated carbocycles. The highest BCUT2D eigenvalue weighted by Crippen LogP contribution is 2.22. The van der Waals surface area contributed by atoms with Gasteiger partial charge in [0.15, 0.2) is 0 Å². The number of nitriles is 1. The molecule has 0 unspecified atom stereocenters. The molecule has 0 saturated heterocycles. The average molecular weight is 328 g/mol. The summed E-state index contributed by atoms with van der Waals surface area (Å²) in [5.41, 5.74) is 4.91. The van der Waals surface area contributed by atoms with Gasteiger partial charge in [-0.15, -0.1) is 0 Å². The predicted octanol–water partition coefficient (Wildman–Crippen LogP) is 4.25. The second kappa shape index (κ2) is 7.19. The Labute approximate surface area is 147 Å². The lowest BCUT2D eigenvalue weighted by atomic mass is 10.0. The summed E-state index contributed by atoms with van der Waals surface area (Å²) in [6.07, 6.45) is 0.744. The third kappa shape index (κ3) is 3.54. The quantitative estimate of drug-likeness (QED) is 0.719. The fourth-order valence-corrected chi connectivity index (χ4v) is 3.06. The molecule has 1 heterocycles. The van der Waals surface area contributed by atoms with Gasteiger partial charge in [0.1, 0.15) is 11.6 Å². The van der Waals surface area contributed by atoms with Crippen molar-refractivity contribution in [1.82, 2.24) is 4.57 Å². The average Bonchev–Trinajstić information content (AvgIpc) is 2.62. The standard InChI is InChI=1S/C22H20N2O/c1-16-7-6-10-19(13-16)21-14-17(2)20(15-23)22(25)24(21)12-11-18-8-4-3-5-9-18/h3-10,13-14H,11-12H2,1-2H3. The Kier molecular flexibility index (Phi) is 4.81. The molecule has 0 spiro atoms. The lowest BCUT2D eigenvalue weighted by Gasteiger charge is -2.15. The summed E-state index contributed by atoms with van der Waals surface area (Å²) < 4.78 is 1.73. The zero-order valence-electron chi connectivity index (χ0n) is 14.5. The first-order valence-electron chi connectivity index (χ1n) is 8.35. The van der Waals surface area contributed by atoms with Crippen LogP contribution in [-0.4, -0.2) is 4.57 Å². The van der Waals surface area contributed by atoms with Crippen molar-refractivity contribution < 1.29 is 0 Å². The lowest BCUT2D eigenvalue weighted by Crippen LogP contribution is -2.26. The van der Waals surface area contributed by atoms with Gasteiger partial charge in [0.05, 0.1) is 5.69 Å². The van der Waals surface area contributed by atoms with Crippen LogP contribution < -0.4 is 5.56 Å². The van der Waals surface area contributed by atoms with Gasteiger partial charge < -0.3 is 4.57 Å². The van der Waals surface area contributed by atoms with Gasteiger partial charge >= 0.3 is 0 Å². The maximum atomic E-state index is 12.9. The van der Waals surface area contributed by atoms with Crippen molar-refractivity contribution in [2.45, 2.75) is 26.8 Å². The topological polar surface area (TPSA) is 45.8 Å². The number of aryl methyl sites for hydroxylation is 3. The van der Waals surface area contributed by atoms with E-state index in [9.17, 15) is 10.1 Å². The number of hydrogen-bond acceptors (Lipinski definition) is 2. The number of rotatable bonds is 4. The summed E-state index contributed by atoms with van der Waals surface area (Å²) in [6, 6.07) is 22.2. The van der Waals surface area contributed by atoms with Crippen molar-refractivity contribution in [3.8, 4) is 17.3 Å². The second-order valence-corrected chi connectivity index (χ2v) is 6.26. The van der Waals surface area contributed by atoms with Crippen molar-refractivity contribution in [1.29, 1.82) is 5.26 Å². The molecule has 3 rings (SSSR count). The first kappa shape index (κ1) is 16.7. The summed E-state index contributed by atoms with van der Waals surface area (Å²) in [7, 11) is 0. The van der Waals surface area contributed by atoms with Crippen LogP contribution in [0, 0.1) is 25.2 Å². The minimum Gasteiger partial charge on any atom is -0.307 e. The number of hydrogen-bond donors (Lipinski definition) is 0. The second-order valence-electron chi connectivity index (χ2n) is 6.26. The van der Waals surface area contributed by atoms with Crippen LogP contribution in [0.3, 0.4) is 0 Å². The molecule has 0 atom stereocenters. The number of pyridine rings is 1. The Morgan fingerprint density at radius 2 is 1.76 bits per heavy atom. The normalized spacial score (nSPS) is 10.4. The summed E-state index contributed by atoms with van der Waals surface area (Å²) in [4.78, 5) is 12.9. The van der Waals surface area contributed by atoms with Crippen LogP contribution in [0.2, 0.25) is 0 Å². The highest BCUT2D eigenvalue weighted by atomic mass is 16.1. The fourth-order valence-electron chi connectivity index (χ4n) is 3.06. The number of aromatic nitrogens is 1. The highest BCUT2D eigenvalue weighted by Gasteiger charge is 2.14. The maximum Gasteiger partial charge on any atom is 0.269 e. The van der Waals surface area contributed by atoms with Crippen molar-refractivity contribution in [3.63, 3.8) is 0 Å². The molecule has 3 nitrogen and oxygen atoms in total. The van der Waals surface area contributed by atoms with Crippen LogP contribution in [-0.2, 0) is 13.0 Å². The van der Waals surface area contributed by atoms with E-state index in [0.717, 1.165) is 28.8 Å². The van der Waals surface area contributed by atoms with Crippen LogP contribution >= 0.6 is 0 Å². The minimum absolute atomic E-state index is 0.213. The van der Waals surface area contributed by atoms with Crippen LogP contribution in [0.25, 0.3) is 11.3 Å². The summed E-state index contributed by atoms with van der Waals surface area (Å²) in [5, 5.41) is 9.35. The van der Waals surface area contributed by atoms with E-state index in [2.05, 4.69) is 24.3 Å². The van der Waals surface area contributed by atoms with E-state index in [-0.39, 0.29) is 11.1 Å². The van der Waals surface area contributed by atoms with E-state index < -0.39 is 0 Å². The van der Waals surface area contributed by atoms with Gasteiger partial charge in [0, 0.05) is 6.54 Å². The molecule has 3 aromatic rings. The van der Waals surface area contributed by atoms with Crippen molar-refractivity contribution in [3.05, 3.63) is 93.3 Å². The highest BCUT2D eigenvalue weighted by molar-refractivity contribution is 5.62. The Morgan fingerprint density at radius 3 is 2.44 bits per heavy atom. The molecule has 0 aliphatic heterocycles. The van der Waals surface area contributed by atoms with Gasteiger partial charge in [0.2, 0.25) is 0 Å². The monoisotopic (exact) mass is 328 g/mol. The molecule has 0 radical (unpaired) electrons. The first-order valence-corrected chi connectivity index (χ1v) is 8.35. The van der Waals surface area contributed by atoms with E-state index in [1.807, 2.05) is 56.3 Å². The van der Waals surface area contributed by atoms with Gasteiger partial charge in [-0.05, 0) is 49.1 Å². The van der Waals surface area contributed by atoms with E-state index in [1.54, 1.807) is 4.57 Å². The molecule has 124 valence electrons. The zero-order chi connectivity index (χ0) is 17.8. The first-order chi connectivity index (χ1) is 12.1. The van der Waals surface area contributed by atoms with Crippen molar-refractivity contribution in [2.24, 2.45) is 0 Å². The molecule has 3 heteroatoms. The smallest absolute Gasteiger partial charge is 0.269 e. The minimum atomic E-state index is -0.213. The lowest BCUT2D eigenvalue weighted by molar-refractivity contribution is 0.673. The SMILES string of the molecule is Cc1cccc(-c2cc(C)c(C#N)c(=O)n2CCc2ccccc2)c1. The van der Waals surface area contributed by atoms with Crippen LogP contribution in [0.15, 0.2) is 65.5 Å². The predicted molar refractivity (Wildman–Crippen MR) is 100 cm³/mol. The molecule has 0 fully saturated rings. The van der Waals surface area contributed by atoms with Gasteiger partial charge in [-0.25, -0.2) is 0 Å². The van der Waals surface area contributed by atoms with Gasteiger partial charge in [-0.2, -0.15) is 5.26 Å². The molecule has 0 bridgehead atoms. The van der Waals surface area contributed by atoms with E-state index >= 15 is 0 Å². The third-order valence-corrected chi connectivity index (χ3v) is 4.39. The van der Waals surface area contributed by atoms with Crippen LogP contribution in [0.5, 0.6) is 0 Å². The molecular weight excluding hydrogens is 308 g/mol. The maximum absolute atomic E-state index is 12.9. The molecule has 25 heavy (non-hydrogen) atoms. The fraction of sp³-hybridized carbons (Fsp3) is 0.182. The summed E-state index contributed by atoms with van der Waals surface area (Å²) >= 11 is 0. The Bertz CT molecular complexity index is 995. The van der Waals surface area contributed by atoms with Gasteiger partial charge in [0.25, 0.3) is 5.56 Å². The molecule has 1 aromatic heterocycles. The summed E-state index contributed by atoms with van der Waals surface area (Å²) in [6.45, 7) is 4.40. The third-order valence-electron chi connectivity index (χ3n) is 4.39. The Balaban J connectivity index is 2.11. The van der Waals surface area contributed by atoms with Crippen LogP contribution in [0.1, 0.15) is 22.3 Å². The molecule has 0 N–H and O–H groups in total. The Morgan fingerprint density at radius 1 is 1.00 bits per heavy atom. The van der Waals surface area contributed by atoms with Gasteiger partial charge in [-0.3, -0.25) is 4.79 Å². The van der Waals surface area contributed by atoms with E-state index in [4.69, 9.17) is 0 Å². The van der Waals surface area contributed by atoms with Gasteiger partial charge in [-0.1, -0.05) is 54.1 Å². The molecule has 2 aromatic carbocycles. The van der Waals surface area contributed by atoms with E-state index in [0.29, 0.717) is 6.54 Å². The van der Waals surface area contributed by atoms with Crippen molar-refractivity contribution >= 4 is 0 Å². The molecule has 0 aliphatic carbocycles. The van der Waals surface area contributed by atoms with Crippen LogP contribution in [0.4, 0.5) is 0 Å². The molecule has 0 aliphatic rings. The summed E-state index contributed by atoms with van der Waals surface area (Å²) in [5.74, 6) is 0. The Hall–Kier alpha value is -3.12. The van der Waals surface area contributed by atoms with Crippen molar-refractivity contribution in [2.75, 3.05) is 0 Å². The number of nitrogens with zero attached hydrogens (tertiary/aromatic N) is 2. The van der Waals surface area contributed by atoms with E-state index in [1.165, 1.54) is 5.56 Å². The molecular formula is C22H20N2O. The zero-order valence-corrected chi connectivity index (χ0v) is 14.5.